The van der Waals surface area contributed by atoms with Crippen LogP contribution in [0, 0.1) is 0 Å². The predicted molar refractivity (Wildman–Crippen MR) is 125 cm³/mol. The number of urea groups is 1. The van der Waals surface area contributed by atoms with Gasteiger partial charge < -0.3 is 20.1 Å². The van der Waals surface area contributed by atoms with Gasteiger partial charge in [0.1, 0.15) is 11.8 Å². The summed E-state index contributed by atoms with van der Waals surface area (Å²) in [5.74, 6) is 0.431. The standard InChI is InChI=1S/C25H37N3O5/c1-3-4-5-6-15-26-22(29)12-11-21-23(30)28(24(31)27-21)18-25(13-16-33-17-14-25)19-7-9-20(32-2)10-8-19/h7-10,21H,3-6,11-18H2,1-2H3,(H,26,29)(H,27,31). The molecule has 0 aliphatic carbocycles. The molecule has 3 rings (SSSR count). The first-order valence-electron chi connectivity index (χ1n) is 12.1. The molecule has 0 radical (unpaired) electrons. The van der Waals surface area contributed by atoms with Crippen LogP contribution < -0.4 is 15.4 Å². The van der Waals surface area contributed by atoms with Crippen molar-refractivity contribution in [2.75, 3.05) is 33.4 Å². The first-order chi connectivity index (χ1) is 16.0. The van der Waals surface area contributed by atoms with Crippen molar-refractivity contribution in [3.63, 3.8) is 0 Å². The van der Waals surface area contributed by atoms with Crippen molar-refractivity contribution in [1.82, 2.24) is 15.5 Å². The minimum Gasteiger partial charge on any atom is -0.497 e. The van der Waals surface area contributed by atoms with Crippen LogP contribution in [-0.4, -0.2) is 62.2 Å². The Morgan fingerprint density at radius 3 is 2.58 bits per heavy atom. The van der Waals surface area contributed by atoms with Gasteiger partial charge in [-0.05, 0) is 43.4 Å². The van der Waals surface area contributed by atoms with Crippen molar-refractivity contribution in [3.8, 4) is 5.75 Å². The van der Waals surface area contributed by atoms with Crippen molar-refractivity contribution in [2.24, 2.45) is 0 Å². The lowest BCUT2D eigenvalue weighted by Crippen LogP contribution is -2.47. The number of carbonyl (C=O) groups is 3. The summed E-state index contributed by atoms with van der Waals surface area (Å²) in [6, 6.07) is 6.78. The van der Waals surface area contributed by atoms with Gasteiger partial charge in [0, 0.05) is 38.1 Å². The van der Waals surface area contributed by atoms with Crippen molar-refractivity contribution in [1.29, 1.82) is 0 Å². The van der Waals surface area contributed by atoms with E-state index in [1.807, 2.05) is 24.3 Å². The highest BCUT2D eigenvalue weighted by Crippen LogP contribution is 2.37. The fourth-order valence-electron chi connectivity index (χ4n) is 4.61. The van der Waals surface area contributed by atoms with E-state index in [9.17, 15) is 14.4 Å². The Hall–Kier alpha value is -2.61. The molecule has 0 bridgehead atoms. The molecular formula is C25H37N3O5. The van der Waals surface area contributed by atoms with Gasteiger partial charge in [-0.15, -0.1) is 0 Å². The topological polar surface area (TPSA) is 97.0 Å². The average molecular weight is 460 g/mol. The molecule has 4 amide bonds. The van der Waals surface area contributed by atoms with E-state index in [0.717, 1.165) is 43.4 Å². The largest absolute Gasteiger partial charge is 0.497 e. The van der Waals surface area contributed by atoms with E-state index in [0.29, 0.717) is 32.7 Å². The first kappa shape index (κ1) is 25.0. The molecule has 1 aromatic rings. The molecule has 2 N–H and O–H groups in total. The summed E-state index contributed by atoms with van der Waals surface area (Å²) in [7, 11) is 1.62. The van der Waals surface area contributed by atoms with E-state index in [4.69, 9.17) is 9.47 Å². The molecule has 8 heteroatoms. The quantitative estimate of drug-likeness (QED) is 0.370. The highest BCUT2D eigenvalue weighted by molar-refractivity contribution is 6.04. The maximum absolute atomic E-state index is 13.1. The minimum absolute atomic E-state index is 0.0777. The molecule has 2 aliphatic rings. The van der Waals surface area contributed by atoms with E-state index >= 15 is 0 Å². The number of unbranched alkanes of at least 4 members (excludes halogenated alkanes) is 3. The van der Waals surface area contributed by atoms with Crippen molar-refractivity contribution in [2.45, 2.75) is 69.7 Å². The third-order valence-electron chi connectivity index (χ3n) is 6.73. The van der Waals surface area contributed by atoms with E-state index in [-0.39, 0.29) is 29.7 Å². The molecule has 0 saturated carbocycles. The predicted octanol–water partition coefficient (Wildman–Crippen LogP) is 3.14. The number of ether oxygens (including phenoxy) is 2. The summed E-state index contributed by atoms with van der Waals surface area (Å²) in [6.07, 6.45) is 6.35. The van der Waals surface area contributed by atoms with Gasteiger partial charge in [-0.3, -0.25) is 14.5 Å². The highest BCUT2D eigenvalue weighted by Gasteiger charge is 2.44. The lowest BCUT2D eigenvalue weighted by molar-refractivity contribution is -0.129. The van der Waals surface area contributed by atoms with E-state index in [1.54, 1.807) is 7.11 Å². The van der Waals surface area contributed by atoms with Gasteiger partial charge in [0.05, 0.1) is 7.11 Å². The molecular weight excluding hydrogens is 422 g/mol. The van der Waals surface area contributed by atoms with Gasteiger partial charge in [0.25, 0.3) is 5.91 Å². The zero-order valence-corrected chi connectivity index (χ0v) is 19.9. The number of rotatable bonds is 12. The number of benzene rings is 1. The van der Waals surface area contributed by atoms with Crippen LogP contribution in [0.5, 0.6) is 5.75 Å². The number of methoxy groups -OCH3 is 1. The molecule has 2 heterocycles. The monoisotopic (exact) mass is 459 g/mol. The molecule has 8 nitrogen and oxygen atoms in total. The molecule has 2 saturated heterocycles. The third kappa shape index (κ3) is 6.47. The lowest BCUT2D eigenvalue weighted by atomic mass is 9.73. The lowest BCUT2D eigenvalue weighted by Gasteiger charge is -2.39. The zero-order valence-electron chi connectivity index (χ0n) is 19.9. The molecule has 182 valence electrons. The molecule has 0 aromatic heterocycles. The van der Waals surface area contributed by atoms with Crippen LogP contribution in [0.4, 0.5) is 4.79 Å². The van der Waals surface area contributed by atoms with Crippen LogP contribution in [0.2, 0.25) is 0 Å². The van der Waals surface area contributed by atoms with E-state index in [2.05, 4.69) is 17.6 Å². The second-order valence-corrected chi connectivity index (χ2v) is 9.00. The highest BCUT2D eigenvalue weighted by atomic mass is 16.5. The Labute approximate surface area is 196 Å². The van der Waals surface area contributed by atoms with Gasteiger partial charge in [-0.2, -0.15) is 0 Å². The normalized spacial score (nSPS) is 19.9. The van der Waals surface area contributed by atoms with Gasteiger partial charge in [-0.25, -0.2) is 4.79 Å². The number of hydrogen-bond acceptors (Lipinski definition) is 5. The Morgan fingerprint density at radius 1 is 1.18 bits per heavy atom. The van der Waals surface area contributed by atoms with Gasteiger partial charge in [0.15, 0.2) is 0 Å². The Morgan fingerprint density at radius 2 is 1.91 bits per heavy atom. The number of hydrogen-bond donors (Lipinski definition) is 2. The van der Waals surface area contributed by atoms with Crippen LogP contribution in [0.3, 0.4) is 0 Å². The molecule has 1 aromatic carbocycles. The molecule has 2 aliphatic heterocycles. The second-order valence-electron chi connectivity index (χ2n) is 9.00. The molecule has 2 fully saturated rings. The number of amides is 4. The summed E-state index contributed by atoms with van der Waals surface area (Å²) in [5.41, 5.74) is 0.709. The maximum Gasteiger partial charge on any atom is 0.324 e. The third-order valence-corrected chi connectivity index (χ3v) is 6.73. The van der Waals surface area contributed by atoms with Crippen molar-refractivity contribution < 1.29 is 23.9 Å². The van der Waals surface area contributed by atoms with Crippen LogP contribution in [-0.2, 0) is 19.7 Å². The minimum atomic E-state index is -0.656. The van der Waals surface area contributed by atoms with Crippen molar-refractivity contribution >= 4 is 17.8 Å². The summed E-state index contributed by atoms with van der Waals surface area (Å²) in [4.78, 5) is 39.2. The molecule has 1 unspecified atom stereocenters. The van der Waals surface area contributed by atoms with Gasteiger partial charge >= 0.3 is 6.03 Å². The van der Waals surface area contributed by atoms with Gasteiger partial charge in [-0.1, -0.05) is 38.3 Å². The SMILES string of the molecule is CCCCCCNC(=O)CCC1NC(=O)N(CC2(c3ccc(OC)cc3)CCOCC2)C1=O. The second kappa shape index (κ2) is 12.0. The fraction of sp³-hybridized carbons (Fsp3) is 0.640. The van der Waals surface area contributed by atoms with Crippen LogP contribution >= 0.6 is 0 Å². The fourth-order valence-corrected chi connectivity index (χ4v) is 4.61. The molecule has 0 spiro atoms. The van der Waals surface area contributed by atoms with Gasteiger partial charge in [0.2, 0.25) is 5.91 Å². The average Bonchev–Trinajstić information content (AvgIpc) is 3.10. The Balaban J connectivity index is 1.58. The summed E-state index contributed by atoms with van der Waals surface area (Å²) in [6.45, 7) is 4.26. The maximum atomic E-state index is 13.1. The van der Waals surface area contributed by atoms with E-state index < -0.39 is 6.04 Å². The van der Waals surface area contributed by atoms with Crippen LogP contribution in [0.15, 0.2) is 24.3 Å². The Kier molecular flexibility index (Phi) is 9.11. The van der Waals surface area contributed by atoms with Crippen LogP contribution in [0.25, 0.3) is 0 Å². The summed E-state index contributed by atoms with van der Waals surface area (Å²) < 4.78 is 10.8. The van der Waals surface area contributed by atoms with E-state index in [1.165, 1.54) is 11.3 Å². The summed E-state index contributed by atoms with van der Waals surface area (Å²) >= 11 is 0. The Bertz CT molecular complexity index is 805. The van der Waals surface area contributed by atoms with Crippen LogP contribution in [0.1, 0.15) is 63.9 Å². The number of nitrogens with zero attached hydrogens (tertiary/aromatic N) is 1. The summed E-state index contributed by atoms with van der Waals surface area (Å²) in [5, 5.41) is 5.68. The smallest absolute Gasteiger partial charge is 0.324 e. The number of imide groups is 1. The number of carbonyl (C=O) groups excluding carboxylic acids is 3. The molecule has 1 atom stereocenters. The number of nitrogens with one attached hydrogen (secondary N) is 2. The first-order valence-corrected chi connectivity index (χ1v) is 12.1. The zero-order chi connectivity index (χ0) is 23.7. The molecule has 33 heavy (non-hydrogen) atoms. The van der Waals surface area contributed by atoms with Crippen molar-refractivity contribution in [3.05, 3.63) is 29.8 Å².